The molecule has 1 N–H and O–H groups in total. The van der Waals surface area contributed by atoms with Gasteiger partial charge >= 0.3 is 0 Å². The molecular weight excluding hydrogens is 401 g/mol. The van der Waals surface area contributed by atoms with Gasteiger partial charge in [0.25, 0.3) is 11.6 Å². The molecule has 1 amide bonds. The molecule has 1 aliphatic heterocycles. The normalized spacial score (nSPS) is 14.0. The fourth-order valence-electron chi connectivity index (χ4n) is 3.68. The SMILES string of the molecule is O=C(NCCN1CCCC1)c1cc(-c2ccccc2F)nn1-c1ccc([N+](=O)[O-])cc1. The van der Waals surface area contributed by atoms with Gasteiger partial charge in [-0.15, -0.1) is 0 Å². The number of likely N-dealkylation sites (tertiary alicyclic amines) is 1. The lowest BCUT2D eigenvalue weighted by Gasteiger charge is -2.15. The highest BCUT2D eigenvalue weighted by atomic mass is 19.1. The van der Waals surface area contributed by atoms with E-state index >= 15 is 0 Å². The number of non-ortho nitro benzene ring substituents is 1. The molecule has 1 aromatic heterocycles. The highest BCUT2D eigenvalue weighted by Gasteiger charge is 2.20. The van der Waals surface area contributed by atoms with Crippen LogP contribution in [0.5, 0.6) is 0 Å². The standard InChI is InChI=1S/C22H22FN5O3/c23-19-6-2-1-5-18(19)20-15-21(22(29)24-11-14-26-12-3-4-13-26)27(25-20)16-7-9-17(10-8-16)28(30)31/h1-2,5-10,15H,3-4,11-14H2,(H,24,29). The van der Waals surface area contributed by atoms with Crippen molar-refractivity contribution in [3.05, 3.63) is 76.2 Å². The Hall–Kier alpha value is -3.59. The van der Waals surface area contributed by atoms with Crippen molar-refractivity contribution in [2.75, 3.05) is 26.2 Å². The van der Waals surface area contributed by atoms with Crippen LogP contribution in [-0.4, -0.2) is 51.7 Å². The minimum atomic E-state index is -0.496. The quantitative estimate of drug-likeness (QED) is 0.464. The van der Waals surface area contributed by atoms with Gasteiger partial charge in [0.1, 0.15) is 11.5 Å². The molecule has 1 fully saturated rings. The maximum atomic E-state index is 14.3. The summed E-state index contributed by atoms with van der Waals surface area (Å²) in [4.78, 5) is 25.7. The van der Waals surface area contributed by atoms with Gasteiger partial charge in [-0.05, 0) is 56.3 Å². The molecular formula is C22H22FN5O3. The van der Waals surface area contributed by atoms with Crippen LogP contribution in [0.25, 0.3) is 16.9 Å². The topological polar surface area (TPSA) is 93.3 Å². The van der Waals surface area contributed by atoms with Crippen LogP contribution in [0.15, 0.2) is 54.6 Å². The molecule has 0 aliphatic carbocycles. The summed E-state index contributed by atoms with van der Waals surface area (Å²) < 4.78 is 15.7. The van der Waals surface area contributed by atoms with E-state index in [0.29, 0.717) is 17.9 Å². The summed E-state index contributed by atoms with van der Waals surface area (Å²) in [7, 11) is 0. The summed E-state index contributed by atoms with van der Waals surface area (Å²) in [6.45, 7) is 3.32. The fourth-order valence-corrected chi connectivity index (χ4v) is 3.68. The van der Waals surface area contributed by atoms with Crippen molar-refractivity contribution < 1.29 is 14.1 Å². The van der Waals surface area contributed by atoms with E-state index in [1.54, 1.807) is 18.2 Å². The van der Waals surface area contributed by atoms with E-state index in [0.717, 1.165) is 19.6 Å². The Balaban J connectivity index is 1.63. The van der Waals surface area contributed by atoms with Gasteiger partial charge in [-0.1, -0.05) is 12.1 Å². The Kier molecular flexibility index (Phi) is 6.03. The second-order valence-electron chi connectivity index (χ2n) is 7.38. The van der Waals surface area contributed by atoms with Crippen LogP contribution >= 0.6 is 0 Å². The van der Waals surface area contributed by atoms with Crippen molar-refractivity contribution >= 4 is 11.6 Å². The summed E-state index contributed by atoms with van der Waals surface area (Å²) in [6.07, 6.45) is 2.35. The van der Waals surface area contributed by atoms with Crippen LogP contribution in [-0.2, 0) is 0 Å². The molecule has 2 heterocycles. The molecule has 0 spiro atoms. The highest BCUT2D eigenvalue weighted by Crippen LogP contribution is 2.25. The highest BCUT2D eigenvalue weighted by molar-refractivity contribution is 5.94. The third-order valence-corrected chi connectivity index (χ3v) is 5.31. The molecule has 9 heteroatoms. The molecule has 0 bridgehead atoms. The van der Waals surface area contributed by atoms with E-state index in [1.807, 2.05) is 0 Å². The lowest BCUT2D eigenvalue weighted by Crippen LogP contribution is -2.34. The van der Waals surface area contributed by atoms with E-state index in [2.05, 4.69) is 15.3 Å². The third-order valence-electron chi connectivity index (χ3n) is 5.31. The Morgan fingerprint density at radius 3 is 2.52 bits per heavy atom. The Bertz CT molecular complexity index is 1090. The number of benzene rings is 2. The molecule has 0 saturated carbocycles. The van der Waals surface area contributed by atoms with Crippen LogP contribution < -0.4 is 5.32 Å². The molecule has 2 aromatic carbocycles. The number of carbonyl (C=O) groups is 1. The number of hydrogen-bond donors (Lipinski definition) is 1. The van der Waals surface area contributed by atoms with Gasteiger partial charge in [0.2, 0.25) is 0 Å². The number of carbonyl (C=O) groups excluding carboxylic acids is 1. The van der Waals surface area contributed by atoms with Crippen molar-refractivity contribution in [3.8, 4) is 16.9 Å². The number of hydrogen-bond acceptors (Lipinski definition) is 5. The average Bonchev–Trinajstić information content (AvgIpc) is 3.44. The average molecular weight is 423 g/mol. The number of nitrogens with zero attached hydrogens (tertiary/aromatic N) is 4. The molecule has 0 radical (unpaired) electrons. The number of rotatable bonds is 7. The summed E-state index contributed by atoms with van der Waals surface area (Å²) in [5.41, 5.74) is 1.21. The number of halogens is 1. The number of aromatic nitrogens is 2. The number of nitro benzene ring substituents is 1. The molecule has 160 valence electrons. The van der Waals surface area contributed by atoms with Crippen molar-refractivity contribution in [2.24, 2.45) is 0 Å². The number of nitro groups is 1. The van der Waals surface area contributed by atoms with Crippen LogP contribution in [0, 0.1) is 15.9 Å². The van der Waals surface area contributed by atoms with Gasteiger partial charge in [-0.3, -0.25) is 14.9 Å². The van der Waals surface area contributed by atoms with Gasteiger partial charge in [0.15, 0.2) is 0 Å². The second kappa shape index (κ2) is 9.05. The lowest BCUT2D eigenvalue weighted by molar-refractivity contribution is -0.384. The predicted octanol–water partition coefficient (Wildman–Crippen LogP) is 3.41. The minimum Gasteiger partial charge on any atom is -0.349 e. The smallest absolute Gasteiger partial charge is 0.270 e. The van der Waals surface area contributed by atoms with E-state index in [4.69, 9.17) is 0 Å². The minimum absolute atomic E-state index is 0.0677. The molecule has 0 atom stereocenters. The summed E-state index contributed by atoms with van der Waals surface area (Å²) in [5.74, 6) is -0.788. The zero-order valence-electron chi connectivity index (χ0n) is 16.8. The van der Waals surface area contributed by atoms with Crippen LogP contribution in [0.2, 0.25) is 0 Å². The zero-order chi connectivity index (χ0) is 21.8. The van der Waals surface area contributed by atoms with Gasteiger partial charge < -0.3 is 10.2 Å². The van der Waals surface area contributed by atoms with Crippen molar-refractivity contribution in [1.82, 2.24) is 20.0 Å². The molecule has 3 aromatic rings. The molecule has 8 nitrogen and oxygen atoms in total. The van der Waals surface area contributed by atoms with E-state index in [-0.39, 0.29) is 22.9 Å². The first kappa shape index (κ1) is 20.7. The van der Waals surface area contributed by atoms with Crippen molar-refractivity contribution in [3.63, 3.8) is 0 Å². The largest absolute Gasteiger partial charge is 0.349 e. The summed E-state index contributed by atoms with van der Waals surface area (Å²) in [5, 5.41) is 18.3. The number of nitrogens with one attached hydrogen (secondary N) is 1. The first-order chi connectivity index (χ1) is 15.0. The maximum absolute atomic E-state index is 14.3. The molecule has 1 aliphatic rings. The van der Waals surface area contributed by atoms with Gasteiger partial charge in [-0.25, -0.2) is 9.07 Å². The van der Waals surface area contributed by atoms with Gasteiger partial charge in [0.05, 0.1) is 16.3 Å². The van der Waals surface area contributed by atoms with E-state index in [9.17, 15) is 19.3 Å². The maximum Gasteiger partial charge on any atom is 0.270 e. The van der Waals surface area contributed by atoms with Crippen LogP contribution in [0.4, 0.5) is 10.1 Å². The first-order valence-corrected chi connectivity index (χ1v) is 10.1. The van der Waals surface area contributed by atoms with Crippen molar-refractivity contribution in [1.29, 1.82) is 0 Å². The van der Waals surface area contributed by atoms with Crippen LogP contribution in [0.3, 0.4) is 0 Å². The van der Waals surface area contributed by atoms with Crippen molar-refractivity contribution in [2.45, 2.75) is 12.8 Å². The summed E-state index contributed by atoms with van der Waals surface area (Å²) in [6, 6.07) is 13.4. The molecule has 0 unspecified atom stereocenters. The fraction of sp³-hybridized carbons (Fsp3) is 0.273. The molecule has 4 rings (SSSR count). The predicted molar refractivity (Wildman–Crippen MR) is 114 cm³/mol. The number of amides is 1. The van der Waals surface area contributed by atoms with E-state index in [1.165, 1.54) is 53.9 Å². The second-order valence-corrected chi connectivity index (χ2v) is 7.38. The Morgan fingerprint density at radius 1 is 1.13 bits per heavy atom. The third kappa shape index (κ3) is 4.61. The molecule has 31 heavy (non-hydrogen) atoms. The lowest BCUT2D eigenvalue weighted by atomic mass is 10.1. The summed E-state index contributed by atoms with van der Waals surface area (Å²) >= 11 is 0. The monoisotopic (exact) mass is 423 g/mol. The van der Waals surface area contributed by atoms with Crippen LogP contribution in [0.1, 0.15) is 23.3 Å². The van der Waals surface area contributed by atoms with Gasteiger partial charge in [0, 0.05) is 30.8 Å². The van der Waals surface area contributed by atoms with E-state index < -0.39 is 10.7 Å². The Labute approximate surface area is 178 Å². The molecule has 1 saturated heterocycles. The first-order valence-electron chi connectivity index (χ1n) is 10.1. The zero-order valence-corrected chi connectivity index (χ0v) is 16.8. The van der Waals surface area contributed by atoms with Gasteiger partial charge in [-0.2, -0.15) is 5.10 Å². The Morgan fingerprint density at radius 2 is 1.84 bits per heavy atom.